The van der Waals surface area contributed by atoms with Gasteiger partial charge in [0, 0.05) is 0 Å². The fourth-order valence-electron chi connectivity index (χ4n) is 1.10. The Labute approximate surface area is 75.6 Å². The van der Waals surface area contributed by atoms with Gasteiger partial charge in [0.1, 0.15) is 0 Å². The molecule has 12 heavy (non-hydrogen) atoms. The largest absolute Gasteiger partial charge is 0.0613 e. The van der Waals surface area contributed by atoms with Gasteiger partial charge in [-0.1, -0.05) is 33.8 Å². The van der Waals surface area contributed by atoms with Crippen molar-refractivity contribution in [1.29, 1.82) is 0 Å². The zero-order chi connectivity index (χ0) is 9.19. The van der Waals surface area contributed by atoms with Crippen LogP contribution < -0.4 is 0 Å². The normalized spacial score (nSPS) is 11.7. The monoisotopic (exact) mass is 160 g/mol. The van der Waals surface area contributed by atoms with Crippen LogP contribution in [0.5, 0.6) is 0 Å². The van der Waals surface area contributed by atoms with Crippen LogP contribution in [0, 0.1) is 12.1 Å². The maximum Gasteiger partial charge on any atom is -0.00640 e. The fourth-order valence-corrected chi connectivity index (χ4v) is 1.10. The highest BCUT2D eigenvalue weighted by molar-refractivity contribution is 5.26. The van der Waals surface area contributed by atoms with Gasteiger partial charge in [-0.2, -0.15) is 0 Å². The first-order valence-corrected chi connectivity index (χ1v) is 4.47. The Hall–Kier alpha value is -0.780. The zero-order valence-electron chi connectivity index (χ0n) is 8.36. The molecular weight excluding hydrogens is 144 g/mol. The standard InChI is InChI=1S/C12H16/c1-5-10-7-6-8-11(9-10)12(2,3)4/h8-9H,5H2,1-4H3. The van der Waals surface area contributed by atoms with E-state index in [1.165, 1.54) is 11.1 Å². The molecule has 0 saturated carbocycles. The van der Waals surface area contributed by atoms with E-state index in [1.54, 1.807) is 0 Å². The molecule has 0 bridgehead atoms. The quantitative estimate of drug-likeness (QED) is 0.592. The van der Waals surface area contributed by atoms with Crippen molar-refractivity contribution in [2.75, 3.05) is 0 Å². The second-order valence-electron chi connectivity index (χ2n) is 4.14. The van der Waals surface area contributed by atoms with Crippen LogP contribution in [0.4, 0.5) is 0 Å². The van der Waals surface area contributed by atoms with E-state index < -0.39 is 0 Å². The minimum absolute atomic E-state index is 0.232. The van der Waals surface area contributed by atoms with Crippen LogP contribution in [-0.2, 0) is 11.8 Å². The molecule has 0 heterocycles. The van der Waals surface area contributed by atoms with Crippen molar-refractivity contribution in [3.63, 3.8) is 0 Å². The highest BCUT2D eigenvalue weighted by atomic mass is 14.2. The van der Waals surface area contributed by atoms with Gasteiger partial charge in [0.25, 0.3) is 0 Å². The number of rotatable bonds is 1. The molecule has 0 N–H and O–H groups in total. The number of hydrogen-bond acceptors (Lipinski definition) is 0. The van der Waals surface area contributed by atoms with Gasteiger partial charge in [-0.15, -0.1) is 0 Å². The van der Waals surface area contributed by atoms with E-state index in [0.29, 0.717) is 0 Å². The van der Waals surface area contributed by atoms with Crippen molar-refractivity contribution in [2.45, 2.75) is 39.5 Å². The summed E-state index contributed by atoms with van der Waals surface area (Å²) in [5.41, 5.74) is 2.83. The van der Waals surface area contributed by atoms with Crippen LogP contribution in [0.3, 0.4) is 0 Å². The molecule has 0 heteroatoms. The van der Waals surface area contributed by atoms with Crippen LogP contribution in [0.1, 0.15) is 38.8 Å². The summed E-state index contributed by atoms with van der Waals surface area (Å²) in [6, 6.07) is 10.4. The second-order valence-corrected chi connectivity index (χ2v) is 4.14. The summed E-state index contributed by atoms with van der Waals surface area (Å²) < 4.78 is 0. The summed E-state index contributed by atoms with van der Waals surface area (Å²) >= 11 is 0. The summed E-state index contributed by atoms with van der Waals surface area (Å²) in [5, 5.41) is 0. The van der Waals surface area contributed by atoms with Crippen LogP contribution in [0.2, 0.25) is 0 Å². The average molecular weight is 160 g/mol. The van der Waals surface area contributed by atoms with Gasteiger partial charge in [-0.25, -0.2) is 0 Å². The molecule has 0 aliphatic carbocycles. The minimum Gasteiger partial charge on any atom is -0.0613 e. The summed E-state index contributed by atoms with van der Waals surface area (Å²) in [6.07, 6.45) is 1.04. The predicted molar refractivity (Wildman–Crippen MR) is 52.2 cm³/mol. The molecule has 0 unspecified atom stereocenters. The van der Waals surface area contributed by atoms with Gasteiger partial charge in [0.2, 0.25) is 0 Å². The summed E-state index contributed by atoms with van der Waals surface area (Å²) in [7, 11) is 0. The lowest BCUT2D eigenvalue weighted by Gasteiger charge is -2.19. The first kappa shape index (κ1) is 9.31. The van der Waals surface area contributed by atoms with Crippen molar-refractivity contribution in [1.82, 2.24) is 0 Å². The predicted octanol–water partition coefficient (Wildman–Crippen LogP) is 3.15. The van der Waals surface area contributed by atoms with Crippen LogP contribution in [0.25, 0.3) is 0 Å². The number of benzene rings is 1. The summed E-state index contributed by atoms with van der Waals surface area (Å²) in [4.78, 5) is 0. The van der Waals surface area contributed by atoms with E-state index >= 15 is 0 Å². The van der Waals surface area contributed by atoms with E-state index in [1.807, 2.05) is 6.07 Å². The Bertz CT molecular complexity index is 253. The van der Waals surface area contributed by atoms with E-state index in [-0.39, 0.29) is 5.41 Å². The lowest BCUT2D eigenvalue weighted by Crippen LogP contribution is -2.11. The molecule has 1 rings (SSSR count). The van der Waals surface area contributed by atoms with Crippen LogP contribution >= 0.6 is 0 Å². The van der Waals surface area contributed by atoms with Crippen molar-refractivity contribution in [3.8, 4) is 0 Å². The third-order valence-electron chi connectivity index (χ3n) is 2.04. The Morgan fingerprint density at radius 2 is 2.00 bits per heavy atom. The minimum atomic E-state index is 0.232. The summed E-state index contributed by atoms with van der Waals surface area (Å²) in [5.74, 6) is 0. The van der Waals surface area contributed by atoms with Gasteiger partial charge in [0.15, 0.2) is 0 Å². The molecule has 0 aliphatic heterocycles. The van der Waals surface area contributed by atoms with Crippen molar-refractivity contribution >= 4 is 0 Å². The molecule has 0 nitrogen and oxygen atoms in total. The first-order chi connectivity index (χ1) is 5.54. The van der Waals surface area contributed by atoms with E-state index in [4.69, 9.17) is 0 Å². The van der Waals surface area contributed by atoms with Crippen molar-refractivity contribution < 1.29 is 0 Å². The summed E-state index contributed by atoms with van der Waals surface area (Å²) in [6.45, 7) is 8.80. The van der Waals surface area contributed by atoms with Gasteiger partial charge < -0.3 is 0 Å². The van der Waals surface area contributed by atoms with Crippen molar-refractivity contribution in [3.05, 3.63) is 35.4 Å². The molecule has 1 aromatic rings. The fraction of sp³-hybridized carbons (Fsp3) is 0.500. The van der Waals surface area contributed by atoms with Gasteiger partial charge in [-0.3, -0.25) is 0 Å². The van der Waals surface area contributed by atoms with Gasteiger partial charge in [-0.05, 0) is 41.2 Å². The third-order valence-corrected chi connectivity index (χ3v) is 2.04. The SMILES string of the molecule is CCc1[c][c]cc(C(C)(C)C)c1. The topological polar surface area (TPSA) is 0 Å². The number of aryl methyl sites for hydroxylation is 1. The Balaban J connectivity index is 3.02. The molecule has 0 aliphatic rings. The first-order valence-electron chi connectivity index (χ1n) is 4.47. The Kier molecular flexibility index (Phi) is 2.56. The number of hydrogen-bond donors (Lipinski definition) is 0. The van der Waals surface area contributed by atoms with Crippen LogP contribution in [0.15, 0.2) is 12.1 Å². The lowest BCUT2D eigenvalue weighted by molar-refractivity contribution is 0.589. The van der Waals surface area contributed by atoms with Crippen LogP contribution in [-0.4, -0.2) is 0 Å². The average Bonchev–Trinajstić information content (AvgIpc) is 2.03. The maximum absolute atomic E-state index is 3.11. The molecule has 2 radical (unpaired) electrons. The molecule has 0 fully saturated rings. The van der Waals surface area contributed by atoms with E-state index in [9.17, 15) is 0 Å². The maximum atomic E-state index is 3.11. The molecule has 1 aromatic carbocycles. The second kappa shape index (κ2) is 3.30. The Morgan fingerprint density at radius 3 is 2.50 bits per heavy atom. The third kappa shape index (κ3) is 2.10. The molecular formula is C12H16. The van der Waals surface area contributed by atoms with E-state index in [0.717, 1.165) is 6.42 Å². The molecule has 0 saturated heterocycles. The molecule has 0 amide bonds. The van der Waals surface area contributed by atoms with E-state index in [2.05, 4.69) is 45.9 Å². The van der Waals surface area contributed by atoms with Gasteiger partial charge >= 0.3 is 0 Å². The molecule has 64 valence electrons. The zero-order valence-corrected chi connectivity index (χ0v) is 8.36. The molecule has 0 aromatic heterocycles. The Morgan fingerprint density at radius 1 is 1.33 bits per heavy atom. The smallest absolute Gasteiger partial charge is 0.00640 e. The van der Waals surface area contributed by atoms with Crippen molar-refractivity contribution in [2.24, 2.45) is 0 Å². The molecule has 0 atom stereocenters. The highest BCUT2D eigenvalue weighted by Crippen LogP contribution is 2.22. The highest BCUT2D eigenvalue weighted by Gasteiger charge is 2.12. The van der Waals surface area contributed by atoms with Gasteiger partial charge in [0.05, 0.1) is 0 Å². The lowest BCUT2D eigenvalue weighted by atomic mass is 9.86. The molecule has 0 spiro atoms.